The first-order chi connectivity index (χ1) is 7.61. The molecule has 0 aromatic heterocycles. The Kier molecular flexibility index (Phi) is 3.17. The van der Waals surface area contributed by atoms with Crippen LogP contribution in [0.2, 0.25) is 5.02 Å². The lowest BCUT2D eigenvalue weighted by molar-refractivity contribution is -0.115. The number of nitrogens with one attached hydrogen (secondary N) is 1. The lowest BCUT2D eigenvalue weighted by Gasteiger charge is -2.15. The van der Waals surface area contributed by atoms with Crippen LogP contribution in [0.4, 0.5) is 5.69 Å². The molecule has 0 radical (unpaired) electrons. The number of hydrogen-bond donors (Lipinski definition) is 2. The van der Waals surface area contributed by atoms with E-state index in [4.69, 9.17) is 17.3 Å². The van der Waals surface area contributed by atoms with Crippen LogP contribution < -0.4 is 11.1 Å². The van der Waals surface area contributed by atoms with Gasteiger partial charge in [-0.1, -0.05) is 24.9 Å². The molecule has 16 heavy (non-hydrogen) atoms. The van der Waals surface area contributed by atoms with Gasteiger partial charge in [0.15, 0.2) is 0 Å². The maximum atomic E-state index is 11.3. The molecule has 1 aliphatic heterocycles. The fourth-order valence-corrected chi connectivity index (χ4v) is 2.34. The fourth-order valence-electron chi connectivity index (χ4n) is 2.09. The number of carbonyl (C=O) groups is 1. The van der Waals surface area contributed by atoms with Crippen molar-refractivity contribution in [2.24, 2.45) is 5.73 Å². The van der Waals surface area contributed by atoms with Crippen LogP contribution >= 0.6 is 11.6 Å². The quantitative estimate of drug-likeness (QED) is 0.851. The lowest BCUT2D eigenvalue weighted by atomic mass is 9.98. The van der Waals surface area contributed by atoms with Gasteiger partial charge in [-0.25, -0.2) is 0 Å². The van der Waals surface area contributed by atoms with Gasteiger partial charge < -0.3 is 11.1 Å². The summed E-state index contributed by atoms with van der Waals surface area (Å²) in [5.41, 5.74) is 8.86. The van der Waals surface area contributed by atoms with Gasteiger partial charge in [-0.2, -0.15) is 0 Å². The van der Waals surface area contributed by atoms with Crippen molar-refractivity contribution in [2.75, 3.05) is 5.32 Å². The highest BCUT2D eigenvalue weighted by Crippen LogP contribution is 2.34. The molecule has 0 fully saturated rings. The minimum atomic E-state index is -0.0594. The van der Waals surface area contributed by atoms with Gasteiger partial charge in [0, 0.05) is 16.8 Å². The number of fused-ring (bicyclic) bond motifs is 1. The smallest absolute Gasteiger partial charge is 0.228 e. The molecule has 1 unspecified atom stereocenters. The SMILES string of the molecule is CCCC(N)c1cc(Cl)cc2c1NC(=O)C2. The minimum absolute atomic E-state index is 0.0159. The summed E-state index contributed by atoms with van der Waals surface area (Å²) in [5, 5.41) is 3.50. The second-order valence-corrected chi connectivity index (χ2v) is 4.59. The molecule has 0 aliphatic carbocycles. The van der Waals surface area contributed by atoms with Crippen molar-refractivity contribution in [2.45, 2.75) is 32.2 Å². The van der Waals surface area contributed by atoms with Crippen molar-refractivity contribution >= 4 is 23.2 Å². The van der Waals surface area contributed by atoms with Crippen molar-refractivity contribution in [3.05, 3.63) is 28.3 Å². The maximum Gasteiger partial charge on any atom is 0.228 e. The molecule has 86 valence electrons. The third-order valence-electron chi connectivity index (χ3n) is 2.83. The zero-order chi connectivity index (χ0) is 11.7. The van der Waals surface area contributed by atoms with Gasteiger partial charge in [0.05, 0.1) is 6.42 Å². The second-order valence-electron chi connectivity index (χ2n) is 4.15. The van der Waals surface area contributed by atoms with Crippen LogP contribution in [-0.2, 0) is 11.2 Å². The highest BCUT2D eigenvalue weighted by atomic mass is 35.5. The van der Waals surface area contributed by atoms with Gasteiger partial charge in [-0.05, 0) is 29.7 Å². The van der Waals surface area contributed by atoms with E-state index in [2.05, 4.69) is 12.2 Å². The normalized spacial score (nSPS) is 15.8. The van der Waals surface area contributed by atoms with Crippen LogP contribution in [0.1, 0.15) is 36.9 Å². The Labute approximate surface area is 100.0 Å². The lowest BCUT2D eigenvalue weighted by Crippen LogP contribution is -2.13. The Balaban J connectivity index is 2.42. The Bertz CT molecular complexity index is 431. The number of carbonyl (C=O) groups excluding carboxylic acids is 1. The van der Waals surface area contributed by atoms with Gasteiger partial charge in [-0.15, -0.1) is 0 Å². The average molecular weight is 239 g/mol. The van der Waals surface area contributed by atoms with E-state index >= 15 is 0 Å². The summed E-state index contributed by atoms with van der Waals surface area (Å²) < 4.78 is 0. The number of nitrogens with two attached hydrogens (primary N) is 1. The first-order valence-corrected chi connectivity index (χ1v) is 5.87. The summed E-state index contributed by atoms with van der Waals surface area (Å²) in [6, 6.07) is 3.62. The standard InChI is InChI=1S/C12H15ClN2O/c1-2-3-10(14)9-6-8(13)4-7-5-11(16)15-12(7)9/h4,6,10H,2-3,5,14H2,1H3,(H,15,16). The summed E-state index contributed by atoms with van der Waals surface area (Å²) in [6.07, 6.45) is 2.31. The molecule has 1 atom stereocenters. The zero-order valence-electron chi connectivity index (χ0n) is 9.22. The van der Waals surface area contributed by atoms with E-state index in [-0.39, 0.29) is 11.9 Å². The van der Waals surface area contributed by atoms with Gasteiger partial charge >= 0.3 is 0 Å². The summed E-state index contributed by atoms with van der Waals surface area (Å²) in [6.45, 7) is 2.09. The molecule has 0 saturated carbocycles. The van der Waals surface area contributed by atoms with Crippen molar-refractivity contribution in [3.63, 3.8) is 0 Å². The molecule has 1 heterocycles. The number of halogens is 1. The van der Waals surface area contributed by atoms with E-state index in [9.17, 15) is 4.79 Å². The number of anilines is 1. The van der Waals surface area contributed by atoms with E-state index in [1.165, 1.54) is 0 Å². The van der Waals surface area contributed by atoms with Crippen LogP contribution in [0.25, 0.3) is 0 Å². The van der Waals surface area contributed by atoms with Gasteiger partial charge in [0.1, 0.15) is 0 Å². The van der Waals surface area contributed by atoms with Crippen LogP contribution in [-0.4, -0.2) is 5.91 Å². The molecular weight excluding hydrogens is 224 g/mol. The van der Waals surface area contributed by atoms with E-state index in [0.29, 0.717) is 11.4 Å². The van der Waals surface area contributed by atoms with Gasteiger partial charge in [0.25, 0.3) is 0 Å². The van der Waals surface area contributed by atoms with Gasteiger partial charge in [-0.3, -0.25) is 4.79 Å². The Morgan fingerprint density at radius 1 is 1.56 bits per heavy atom. The molecule has 1 aliphatic rings. The van der Waals surface area contributed by atoms with E-state index < -0.39 is 0 Å². The zero-order valence-corrected chi connectivity index (χ0v) is 9.97. The van der Waals surface area contributed by atoms with E-state index in [1.54, 1.807) is 0 Å². The Hall–Kier alpha value is -1.06. The highest BCUT2D eigenvalue weighted by Gasteiger charge is 2.23. The second kappa shape index (κ2) is 4.44. The third kappa shape index (κ3) is 2.06. The fraction of sp³-hybridized carbons (Fsp3) is 0.417. The number of hydrogen-bond acceptors (Lipinski definition) is 2. The molecule has 0 saturated heterocycles. The predicted octanol–water partition coefficient (Wildman–Crippen LogP) is 2.63. The van der Waals surface area contributed by atoms with Crippen molar-refractivity contribution < 1.29 is 4.79 Å². The monoisotopic (exact) mass is 238 g/mol. The molecule has 0 bridgehead atoms. The maximum absolute atomic E-state index is 11.3. The first-order valence-electron chi connectivity index (χ1n) is 5.49. The predicted molar refractivity (Wildman–Crippen MR) is 65.6 cm³/mol. The van der Waals surface area contributed by atoms with Crippen LogP contribution in [0, 0.1) is 0 Å². The molecule has 1 amide bonds. The Morgan fingerprint density at radius 3 is 3.00 bits per heavy atom. The summed E-state index contributed by atoms with van der Waals surface area (Å²) in [5.74, 6) is 0.0159. The summed E-state index contributed by atoms with van der Waals surface area (Å²) >= 11 is 6.03. The van der Waals surface area contributed by atoms with Crippen LogP contribution in [0.15, 0.2) is 12.1 Å². The molecule has 0 spiro atoms. The van der Waals surface area contributed by atoms with Crippen molar-refractivity contribution in [3.8, 4) is 0 Å². The Morgan fingerprint density at radius 2 is 2.31 bits per heavy atom. The summed E-state index contributed by atoms with van der Waals surface area (Å²) in [4.78, 5) is 11.3. The number of benzene rings is 1. The molecule has 1 aromatic carbocycles. The van der Waals surface area contributed by atoms with Gasteiger partial charge in [0.2, 0.25) is 5.91 Å². The van der Waals surface area contributed by atoms with Crippen LogP contribution in [0.3, 0.4) is 0 Å². The topological polar surface area (TPSA) is 55.1 Å². The molecule has 4 heteroatoms. The first kappa shape index (κ1) is 11.4. The molecule has 1 aromatic rings. The molecule has 3 N–H and O–H groups in total. The van der Waals surface area contributed by atoms with E-state index in [0.717, 1.165) is 29.7 Å². The molecule has 3 nitrogen and oxygen atoms in total. The molecule has 2 rings (SSSR count). The van der Waals surface area contributed by atoms with E-state index in [1.807, 2.05) is 12.1 Å². The van der Waals surface area contributed by atoms with Crippen molar-refractivity contribution in [1.82, 2.24) is 0 Å². The number of amides is 1. The average Bonchev–Trinajstić information content (AvgIpc) is 2.57. The van der Waals surface area contributed by atoms with Crippen LogP contribution in [0.5, 0.6) is 0 Å². The van der Waals surface area contributed by atoms with Crippen molar-refractivity contribution in [1.29, 1.82) is 0 Å². The molecular formula is C12H15ClN2O. The highest BCUT2D eigenvalue weighted by molar-refractivity contribution is 6.31. The largest absolute Gasteiger partial charge is 0.325 e. The minimum Gasteiger partial charge on any atom is -0.325 e. The number of rotatable bonds is 3. The summed E-state index contributed by atoms with van der Waals surface area (Å²) in [7, 11) is 0. The third-order valence-corrected chi connectivity index (χ3v) is 3.05.